The van der Waals surface area contributed by atoms with Crippen LogP contribution in [0.1, 0.15) is 41.0 Å². The molecule has 0 unspecified atom stereocenters. The molecule has 7 nitrogen and oxygen atoms in total. The van der Waals surface area contributed by atoms with Gasteiger partial charge in [0.25, 0.3) is 11.8 Å². The van der Waals surface area contributed by atoms with Crippen LogP contribution in [0.4, 0.5) is 0 Å². The lowest BCUT2D eigenvalue weighted by atomic mass is 10.0. The molecule has 0 aliphatic carbocycles. The lowest BCUT2D eigenvalue weighted by Crippen LogP contribution is -2.65. The van der Waals surface area contributed by atoms with Gasteiger partial charge in [-0.3, -0.25) is 19.3 Å². The number of carbonyl (C=O) groups is 3. The van der Waals surface area contributed by atoms with Gasteiger partial charge in [-0.25, -0.2) is 0 Å². The molecule has 4 rings (SSSR count). The maximum absolute atomic E-state index is 12.4. The molecular formula is C18H20N2O5. The number of rotatable bonds is 4. The minimum Gasteiger partial charge on any atom is -0.348 e. The molecular weight excluding hydrogens is 324 g/mol. The van der Waals surface area contributed by atoms with E-state index in [1.165, 1.54) is 0 Å². The smallest absolute Gasteiger partial charge is 0.262 e. The summed E-state index contributed by atoms with van der Waals surface area (Å²) in [5, 5.41) is 0. The van der Waals surface area contributed by atoms with E-state index in [0.29, 0.717) is 37.2 Å². The summed E-state index contributed by atoms with van der Waals surface area (Å²) in [4.78, 5) is 40.0. The van der Waals surface area contributed by atoms with E-state index in [4.69, 9.17) is 9.47 Å². The summed E-state index contributed by atoms with van der Waals surface area (Å²) in [6, 6.07) is 5.98. The second kappa shape index (κ2) is 5.64. The molecule has 0 bridgehead atoms. The third kappa shape index (κ3) is 2.63. The largest absolute Gasteiger partial charge is 0.348 e. The monoisotopic (exact) mass is 344 g/mol. The Bertz CT molecular complexity index is 725. The van der Waals surface area contributed by atoms with Crippen LogP contribution in [-0.2, 0) is 14.3 Å². The van der Waals surface area contributed by atoms with Gasteiger partial charge in [-0.15, -0.1) is 0 Å². The third-order valence-electron chi connectivity index (χ3n) is 4.92. The molecule has 3 heterocycles. The van der Waals surface area contributed by atoms with Crippen molar-refractivity contribution >= 4 is 17.7 Å². The Hall–Kier alpha value is -2.25. The first kappa shape index (κ1) is 16.2. The molecule has 0 saturated carbocycles. The Morgan fingerprint density at radius 3 is 2.28 bits per heavy atom. The topological polar surface area (TPSA) is 76.2 Å². The van der Waals surface area contributed by atoms with Crippen molar-refractivity contribution in [2.45, 2.75) is 38.2 Å². The van der Waals surface area contributed by atoms with Crippen LogP contribution in [0, 0.1) is 0 Å². The molecule has 0 radical (unpaired) electrons. The summed E-state index contributed by atoms with van der Waals surface area (Å²) < 4.78 is 11.2. The summed E-state index contributed by atoms with van der Waals surface area (Å²) in [5.41, 5.74) is 0.745. The van der Waals surface area contributed by atoms with Gasteiger partial charge in [-0.1, -0.05) is 12.1 Å². The number of benzene rings is 1. The number of ether oxygens (including phenoxy) is 2. The van der Waals surface area contributed by atoms with Crippen LogP contribution in [0.5, 0.6) is 0 Å². The van der Waals surface area contributed by atoms with Gasteiger partial charge < -0.3 is 14.4 Å². The Morgan fingerprint density at radius 2 is 1.76 bits per heavy atom. The quantitative estimate of drug-likeness (QED) is 0.602. The summed E-state index contributed by atoms with van der Waals surface area (Å²) in [6.45, 7) is 5.14. The number of carbonyl (C=O) groups excluding carboxylic acids is 3. The zero-order valence-corrected chi connectivity index (χ0v) is 14.2. The first-order valence-corrected chi connectivity index (χ1v) is 8.45. The molecule has 3 aliphatic rings. The second-order valence-electron chi connectivity index (χ2n) is 7.07. The van der Waals surface area contributed by atoms with Gasteiger partial charge in [0, 0.05) is 6.54 Å². The van der Waals surface area contributed by atoms with Crippen molar-refractivity contribution in [3.05, 3.63) is 35.4 Å². The molecule has 25 heavy (non-hydrogen) atoms. The standard InChI is InChI=1S/C18H20N2O5/c1-18(2)24-10-11(25-18)7-8-19-9-14(17(19)23)20-15(21)12-5-3-4-6-13(12)16(20)22/h3-6,11,14H,7-10H2,1-2H3/t11-,14+/m1/s1. The highest BCUT2D eigenvalue weighted by Gasteiger charge is 2.49. The van der Waals surface area contributed by atoms with E-state index < -0.39 is 11.8 Å². The van der Waals surface area contributed by atoms with Crippen molar-refractivity contribution in [1.29, 1.82) is 0 Å². The minimum atomic E-state index is -0.690. The number of hydrogen-bond acceptors (Lipinski definition) is 5. The molecule has 0 aromatic heterocycles. The predicted octanol–water partition coefficient (Wildman–Crippen LogP) is 1.03. The molecule has 2 fully saturated rings. The van der Waals surface area contributed by atoms with Gasteiger partial charge in [-0.05, 0) is 32.4 Å². The molecule has 3 amide bonds. The van der Waals surface area contributed by atoms with E-state index in [0.717, 1.165) is 4.90 Å². The normalized spacial score (nSPS) is 27.7. The van der Waals surface area contributed by atoms with Gasteiger partial charge in [0.05, 0.1) is 30.4 Å². The van der Waals surface area contributed by atoms with Crippen LogP contribution in [-0.4, -0.2) is 65.2 Å². The van der Waals surface area contributed by atoms with E-state index in [1.54, 1.807) is 29.2 Å². The summed E-state index contributed by atoms with van der Waals surface area (Å²) in [6.07, 6.45) is 0.630. The van der Waals surface area contributed by atoms with E-state index >= 15 is 0 Å². The Labute approximate surface area is 145 Å². The van der Waals surface area contributed by atoms with Crippen LogP contribution in [0.15, 0.2) is 24.3 Å². The van der Waals surface area contributed by atoms with Crippen molar-refractivity contribution < 1.29 is 23.9 Å². The van der Waals surface area contributed by atoms with Crippen molar-refractivity contribution in [1.82, 2.24) is 9.80 Å². The lowest BCUT2D eigenvalue weighted by molar-refractivity contribution is -0.149. The Kier molecular flexibility index (Phi) is 3.66. The lowest BCUT2D eigenvalue weighted by Gasteiger charge is -2.42. The second-order valence-corrected chi connectivity index (χ2v) is 7.07. The fourth-order valence-electron chi connectivity index (χ4n) is 3.56. The highest BCUT2D eigenvalue weighted by molar-refractivity contribution is 6.23. The van der Waals surface area contributed by atoms with Gasteiger partial charge >= 0.3 is 0 Å². The number of hydrogen-bond donors (Lipinski definition) is 0. The zero-order valence-electron chi connectivity index (χ0n) is 14.2. The molecule has 2 atom stereocenters. The number of imide groups is 1. The number of likely N-dealkylation sites (tertiary alicyclic amines) is 1. The zero-order chi connectivity index (χ0) is 17.8. The van der Waals surface area contributed by atoms with Crippen LogP contribution in [0.25, 0.3) is 0 Å². The Morgan fingerprint density at radius 1 is 1.12 bits per heavy atom. The molecule has 2 saturated heterocycles. The van der Waals surface area contributed by atoms with Crippen molar-refractivity contribution in [2.24, 2.45) is 0 Å². The molecule has 132 valence electrons. The minimum absolute atomic E-state index is 0.0406. The van der Waals surface area contributed by atoms with Gasteiger partial charge in [0.2, 0.25) is 5.91 Å². The fraction of sp³-hybridized carbons (Fsp3) is 0.500. The van der Waals surface area contributed by atoms with E-state index in [-0.39, 0.29) is 23.8 Å². The van der Waals surface area contributed by atoms with E-state index in [2.05, 4.69) is 0 Å². The van der Waals surface area contributed by atoms with Gasteiger partial charge in [0.1, 0.15) is 6.04 Å². The van der Waals surface area contributed by atoms with Crippen LogP contribution in [0.3, 0.4) is 0 Å². The van der Waals surface area contributed by atoms with Crippen molar-refractivity contribution in [3.8, 4) is 0 Å². The molecule has 1 aromatic rings. The average molecular weight is 344 g/mol. The highest BCUT2D eigenvalue weighted by atomic mass is 16.7. The number of fused-ring (bicyclic) bond motifs is 1. The molecule has 3 aliphatic heterocycles. The van der Waals surface area contributed by atoms with Crippen molar-refractivity contribution in [3.63, 3.8) is 0 Å². The highest BCUT2D eigenvalue weighted by Crippen LogP contribution is 2.30. The Balaban J connectivity index is 1.36. The van der Waals surface area contributed by atoms with Gasteiger partial charge in [-0.2, -0.15) is 0 Å². The first-order valence-electron chi connectivity index (χ1n) is 8.45. The number of nitrogens with zero attached hydrogens (tertiary/aromatic N) is 2. The van der Waals surface area contributed by atoms with Gasteiger partial charge in [0.15, 0.2) is 5.79 Å². The van der Waals surface area contributed by atoms with E-state index in [1.807, 2.05) is 13.8 Å². The molecule has 0 N–H and O–H groups in total. The average Bonchev–Trinajstić information content (AvgIpc) is 3.05. The fourth-order valence-corrected chi connectivity index (χ4v) is 3.56. The summed E-state index contributed by atoms with van der Waals surface area (Å²) in [5.74, 6) is -1.53. The number of amides is 3. The maximum Gasteiger partial charge on any atom is 0.262 e. The van der Waals surface area contributed by atoms with Crippen molar-refractivity contribution in [2.75, 3.05) is 19.7 Å². The molecule has 7 heteroatoms. The van der Waals surface area contributed by atoms with Crippen LogP contribution >= 0.6 is 0 Å². The number of β-lactam (4-membered cyclic amide) rings is 1. The maximum atomic E-state index is 12.4. The SMILES string of the molecule is CC1(C)OC[C@@H](CCN2C[C@H](N3C(=O)c4ccccc4C3=O)C2=O)O1. The van der Waals surface area contributed by atoms with E-state index in [9.17, 15) is 14.4 Å². The predicted molar refractivity (Wildman–Crippen MR) is 86.8 cm³/mol. The van der Waals surface area contributed by atoms with Crippen LogP contribution in [0.2, 0.25) is 0 Å². The van der Waals surface area contributed by atoms with Crippen LogP contribution < -0.4 is 0 Å². The first-order chi connectivity index (χ1) is 11.9. The third-order valence-corrected chi connectivity index (χ3v) is 4.92. The summed E-state index contributed by atoms with van der Waals surface area (Å²) >= 11 is 0. The summed E-state index contributed by atoms with van der Waals surface area (Å²) in [7, 11) is 0. The molecule has 1 aromatic carbocycles. The molecule has 0 spiro atoms.